The number of carboxylic acid groups (broad SMARTS) is 1. The number of sulfonamides is 1. The van der Waals surface area contributed by atoms with Crippen molar-refractivity contribution in [3.05, 3.63) is 59.4 Å². The number of aryl methyl sites for hydroxylation is 1. The molecule has 0 amide bonds. The third-order valence-corrected chi connectivity index (χ3v) is 7.48. The van der Waals surface area contributed by atoms with Gasteiger partial charge in [-0.3, -0.25) is 9.62 Å². The molecule has 1 fully saturated rings. The molecule has 11 heteroatoms. The Morgan fingerprint density at radius 1 is 1.17 bits per heavy atom. The zero-order chi connectivity index (χ0) is 25.2. The first-order valence-corrected chi connectivity index (χ1v) is 12.5. The molecule has 0 atom stereocenters. The van der Waals surface area contributed by atoms with E-state index in [1.54, 1.807) is 13.0 Å². The number of piperazine rings is 1. The van der Waals surface area contributed by atoms with Gasteiger partial charge in [-0.15, -0.1) is 0 Å². The zero-order valence-corrected chi connectivity index (χ0v) is 19.8. The minimum Gasteiger partial charge on any atom is -0.478 e. The van der Waals surface area contributed by atoms with Crippen LogP contribution >= 0.6 is 0 Å². The maximum atomic E-state index is 13.6. The number of nitrogens with one attached hydrogen (secondary N) is 1. The molecule has 9 nitrogen and oxygen atoms in total. The number of nitrogens with zero attached hydrogens (tertiary/aromatic N) is 4. The van der Waals surface area contributed by atoms with Crippen LogP contribution in [0.25, 0.3) is 10.9 Å². The number of rotatable bonds is 7. The summed E-state index contributed by atoms with van der Waals surface area (Å²) in [6, 6.07) is 11.6. The number of hydrogen-bond donors (Lipinski definition) is 2. The van der Waals surface area contributed by atoms with Crippen LogP contribution in [0.15, 0.2) is 47.4 Å². The van der Waals surface area contributed by atoms with Crippen LogP contribution in [0.5, 0.6) is 0 Å². The highest BCUT2D eigenvalue weighted by Gasteiger charge is 2.22. The van der Waals surface area contributed by atoms with Gasteiger partial charge in [0.15, 0.2) is 0 Å². The summed E-state index contributed by atoms with van der Waals surface area (Å²) in [7, 11) is -4.10. The van der Waals surface area contributed by atoms with Crippen molar-refractivity contribution in [3.63, 3.8) is 0 Å². The number of pyridine rings is 1. The second-order valence-corrected chi connectivity index (χ2v) is 9.97. The third-order valence-electron chi connectivity index (χ3n) is 5.95. The lowest BCUT2D eigenvalue weighted by molar-refractivity contribution is 0.0699. The molecule has 1 aromatic heterocycles. The Morgan fingerprint density at radius 3 is 2.60 bits per heavy atom. The lowest BCUT2D eigenvalue weighted by Gasteiger charge is -2.35. The number of aromatic nitrogens is 1. The lowest BCUT2D eigenvalue weighted by Crippen LogP contribution is -2.46. The van der Waals surface area contributed by atoms with Crippen molar-refractivity contribution in [1.82, 2.24) is 9.88 Å². The molecule has 35 heavy (non-hydrogen) atoms. The molecule has 1 aliphatic heterocycles. The van der Waals surface area contributed by atoms with Crippen molar-refractivity contribution in [2.24, 2.45) is 0 Å². The fourth-order valence-corrected chi connectivity index (χ4v) is 5.40. The molecule has 2 aromatic carbocycles. The third kappa shape index (κ3) is 5.34. The van der Waals surface area contributed by atoms with Crippen molar-refractivity contribution in [2.75, 3.05) is 42.3 Å². The van der Waals surface area contributed by atoms with Gasteiger partial charge >= 0.3 is 5.97 Å². The predicted octanol–water partition coefficient (Wildman–Crippen LogP) is 3.22. The SMILES string of the molecule is Cc1ccc(F)cc1S(=O)(=O)Nc1ccc2nc(N3CCN(CCC#N)CC3)cc(C(=O)O)c2c1. The number of carboxylic acids is 1. The van der Waals surface area contributed by atoms with Crippen LogP contribution in [-0.2, 0) is 10.0 Å². The molecule has 3 aromatic rings. The average Bonchev–Trinajstić information content (AvgIpc) is 2.83. The first kappa shape index (κ1) is 24.4. The van der Waals surface area contributed by atoms with Gasteiger partial charge in [0.2, 0.25) is 0 Å². The van der Waals surface area contributed by atoms with Gasteiger partial charge in [0.25, 0.3) is 10.0 Å². The highest BCUT2D eigenvalue weighted by molar-refractivity contribution is 7.92. The van der Waals surface area contributed by atoms with Gasteiger partial charge in [-0.25, -0.2) is 22.6 Å². The molecule has 0 unspecified atom stereocenters. The van der Waals surface area contributed by atoms with E-state index >= 15 is 0 Å². The minimum atomic E-state index is -4.10. The molecular formula is C24H24FN5O4S. The molecule has 1 saturated heterocycles. The van der Waals surface area contributed by atoms with E-state index in [0.717, 1.165) is 19.2 Å². The number of hydrogen-bond acceptors (Lipinski definition) is 7. The molecular weight excluding hydrogens is 473 g/mol. The van der Waals surface area contributed by atoms with Crippen molar-refractivity contribution >= 4 is 38.4 Å². The van der Waals surface area contributed by atoms with Gasteiger partial charge in [-0.2, -0.15) is 5.26 Å². The Balaban J connectivity index is 1.63. The molecule has 0 bridgehead atoms. The Hall–Kier alpha value is -3.75. The fourth-order valence-electron chi connectivity index (χ4n) is 4.10. The molecule has 4 rings (SSSR count). The molecule has 2 heterocycles. The zero-order valence-electron chi connectivity index (χ0n) is 19.0. The number of carbonyl (C=O) groups is 1. The van der Waals surface area contributed by atoms with Crippen LogP contribution in [0.2, 0.25) is 0 Å². The van der Waals surface area contributed by atoms with Gasteiger partial charge in [0.1, 0.15) is 11.6 Å². The summed E-state index contributed by atoms with van der Waals surface area (Å²) in [6.45, 7) is 5.03. The van der Waals surface area contributed by atoms with Crippen LogP contribution in [0.1, 0.15) is 22.3 Å². The number of halogens is 1. The van der Waals surface area contributed by atoms with E-state index in [1.807, 2.05) is 4.90 Å². The van der Waals surface area contributed by atoms with E-state index in [9.17, 15) is 22.7 Å². The second kappa shape index (κ2) is 9.85. The van der Waals surface area contributed by atoms with Gasteiger partial charge in [0.05, 0.1) is 22.0 Å². The molecule has 1 aliphatic rings. The molecule has 0 radical (unpaired) electrons. The Labute approximate surface area is 202 Å². The van der Waals surface area contributed by atoms with E-state index in [-0.39, 0.29) is 21.5 Å². The molecule has 182 valence electrons. The van der Waals surface area contributed by atoms with Crippen LogP contribution in [-0.4, -0.2) is 62.1 Å². The van der Waals surface area contributed by atoms with Gasteiger partial charge in [0, 0.05) is 50.2 Å². The lowest BCUT2D eigenvalue weighted by atomic mass is 10.1. The number of anilines is 2. The molecule has 0 aliphatic carbocycles. The van der Waals surface area contributed by atoms with Crippen molar-refractivity contribution < 1.29 is 22.7 Å². The molecule has 0 saturated carbocycles. The molecule has 2 N–H and O–H groups in total. The number of aromatic carboxylic acids is 1. The van der Waals surface area contributed by atoms with Crippen molar-refractivity contribution in [2.45, 2.75) is 18.2 Å². The van der Waals surface area contributed by atoms with Crippen LogP contribution < -0.4 is 9.62 Å². The summed E-state index contributed by atoms with van der Waals surface area (Å²) < 4.78 is 41.7. The smallest absolute Gasteiger partial charge is 0.336 e. The van der Waals surface area contributed by atoms with Gasteiger partial charge in [-0.1, -0.05) is 6.07 Å². The monoisotopic (exact) mass is 497 g/mol. The minimum absolute atomic E-state index is 0.0000980. The number of benzene rings is 2. The predicted molar refractivity (Wildman–Crippen MR) is 130 cm³/mol. The van der Waals surface area contributed by atoms with Crippen molar-refractivity contribution in [1.29, 1.82) is 5.26 Å². The number of nitriles is 1. The summed E-state index contributed by atoms with van der Waals surface area (Å²) >= 11 is 0. The van der Waals surface area contributed by atoms with E-state index in [1.165, 1.54) is 30.3 Å². The summed E-state index contributed by atoms with van der Waals surface area (Å²) in [5, 5.41) is 18.9. The van der Waals surface area contributed by atoms with Crippen LogP contribution in [0.3, 0.4) is 0 Å². The first-order valence-electron chi connectivity index (χ1n) is 11.0. The number of fused-ring (bicyclic) bond motifs is 1. The Bertz CT molecular complexity index is 1430. The highest BCUT2D eigenvalue weighted by Crippen LogP contribution is 2.28. The molecule has 0 spiro atoms. The van der Waals surface area contributed by atoms with Crippen LogP contribution in [0, 0.1) is 24.1 Å². The van der Waals surface area contributed by atoms with E-state index in [4.69, 9.17) is 5.26 Å². The summed E-state index contributed by atoms with van der Waals surface area (Å²) in [5.74, 6) is -1.31. The quantitative estimate of drug-likeness (QED) is 0.510. The van der Waals surface area contributed by atoms with E-state index in [2.05, 4.69) is 20.7 Å². The summed E-state index contributed by atoms with van der Waals surface area (Å²) in [4.78, 5) is 20.7. The maximum Gasteiger partial charge on any atom is 0.336 e. The highest BCUT2D eigenvalue weighted by atomic mass is 32.2. The maximum absolute atomic E-state index is 13.6. The van der Waals surface area contributed by atoms with Gasteiger partial charge < -0.3 is 10.0 Å². The van der Waals surface area contributed by atoms with Crippen molar-refractivity contribution in [3.8, 4) is 6.07 Å². The standard InChI is InChI=1S/C24H24FN5O4S/c1-16-3-4-17(25)13-22(16)35(33,34)28-18-5-6-21-19(14-18)20(24(31)32)15-23(27-21)30-11-9-29(10-12-30)8-2-7-26/h3-6,13-15,28H,2,8-12H2,1H3,(H,31,32). The summed E-state index contributed by atoms with van der Waals surface area (Å²) in [5.41, 5.74) is 0.936. The normalized spacial score (nSPS) is 14.6. The second-order valence-electron chi connectivity index (χ2n) is 8.32. The van der Waals surface area contributed by atoms with E-state index < -0.39 is 21.8 Å². The Morgan fingerprint density at radius 2 is 1.91 bits per heavy atom. The van der Waals surface area contributed by atoms with Gasteiger partial charge in [-0.05, 0) is 48.9 Å². The fraction of sp³-hybridized carbons (Fsp3) is 0.292. The topological polar surface area (TPSA) is 127 Å². The van der Waals surface area contributed by atoms with Crippen LogP contribution in [0.4, 0.5) is 15.9 Å². The average molecular weight is 498 g/mol. The first-order chi connectivity index (χ1) is 16.7. The van der Waals surface area contributed by atoms with E-state index in [0.29, 0.717) is 43.0 Å². The summed E-state index contributed by atoms with van der Waals surface area (Å²) in [6.07, 6.45) is 0.461. The Kier molecular flexibility index (Phi) is 6.86. The largest absolute Gasteiger partial charge is 0.478 e.